The van der Waals surface area contributed by atoms with Gasteiger partial charge < -0.3 is 20.5 Å². The van der Waals surface area contributed by atoms with Crippen molar-refractivity contribution in [2.24, 2.45) is 11.7 Å². The zero-order valence-electron chi connectivity index (χ0n) is 14.1. The quantitative estimate of drug-likeness (QED) is 0.792. The minimum Gasteiger partial charge on any atom is -0.493 e. The average Bonchev–Trinajstić information content (AvgIpc) is 3.11. The lowest BCUT2D eigenvalue weighted by Gasteiger charge is -2.22. The minimum atomic E-state index is -0.213. The molecule has 25 heavy (non-hydrogen) atoms. The summed E-state index contributed by atoms with van der Waals surface area (Å²) in [5, 5.41) is 5.48. The Kier molecular flexibility index (Phi) is 6.38. The second kappa shape index (κ2) is 8.94. The van der Waals surface area contributed by atoms with Gasteiger partial charge in [0, 0.05) is 30.7 Å². The molecule has 2 aromatic rings. The Bertz CT molecular complexity index is 681. The molecule has 3 rings (SSSR count). The van der Waals surface area contributed by atoms with Crippen LogP contribution in [0.2, 0.25) is 0 Å². The number of hydrogen-bond acceptors (Lipinski definition) is 6. The van der Waals surface area contributed by atoms with Gasteiger partial charge in [-0.05, 0) is 49.6 Å². The van der Waals surface area contributed by atoms with E-state index in [9.17, 15) is 4.79 Å². The Morgan fingerprint density at radius 2 is 2.08 bits per heavy atom. The van der Waals surface area contributed by atoms with Crippen molar-refractivity contribution in [3.8, 4) is 5.75 Å². The number of carbonyl (C=O) groups is 1. The summed E-state index contributed by atoms with van der Waals surface area (Å²) in [6.45, 7) is 2.88. The monoisotopic (exact) mass is 361 g/mol. The second-order valence-electron chi connectivity index (χ2n) is 6.01. The van der Waals surface area contributed by atoms with Crippen LogP contribution in [-0.2, 0) is 11.2 Å². The fourth-order valence-electron chi connectivity index (χ4n) is 2.61. The van der Waals surface area contributed by atoms with E-state index in [1.165, 1.54) is 11.3 Å². The van der Waals surface area contributed by atoms with Crippen LogP contribution >= 0.6 is 11.3 Å². The highest BCUT2D eigenvalue weighted by Crippen LogP contribution is 2.20. The molecule has 0 unspecified atom stereocenters. The summed E-state index contributed by atoms with van der Waals surface area (Å²) in [6, 6.07) is 7.42. The Morgan fingerprint density at radius 3 is 2.80 bits per heavy atom. The summed E-state index contributed by atoms with van der Waals surface area (Å²) in [5.74, 6) is 1.15. The third kappa shape index (κ3) is 5.26. The first-order chi connectivity index (χ1) is 12.2. The number of thiazole rings is 1. The maximum absolute atomic E-state index is 12.2. The Balaban J connectivity index is 1.50. The van der Waals surface area contributed by atoms with E-state index in [1.54, 1.807) is 5.38 Å². The first-order valence-corrected chi connectivity index (χ1v) is 9.39. The molecule has 7 heteroatoms. The summed E-state index contributed by atoms with van der Waals surface area (Å²) < 4.78 is 11.2. The van der Waals surface area contributed by atoms with E-state index in [4.69, 9.17) is 15.2 Å². The van der Waals surface area contributed by atoms with Crippen LogP contribution in [0.25, 0.3) is 0 Å². The lowest BCUT2D eigenvalue weighted by molar-refractivity contribution is 0.0497. The van der Waals surface area contributed by atoms with Crippen molar-refractivity contribution in [1.82, 2.24) is 4.98 Å². The predicted molar refractivity (Wildman–Crippen MR) is 98.3 cm³/mol. The lowest BCUT2D eigenvalue weighted by Crippen LogP contribution is -2.21. The average molecular weight is 361 g/mol. The van der Waals surface area contributed by atoms with Crippen LogP contribution in [0.1, 0.15) is 28.3 Å². The molecule has 0 aliphatic carbocycles. The Labute approximate surface area is 151 Å². The molecule has 0 radical (unpaired) electrons. The molecule has 0 saturated carbocycles. The number of ether oxygens (including phenoxy) is 2. The van der Waals surface area contributed by atoms with E-state index >= 15 is 0 Å². The zero-order valence-corrected chi connectivity index (χ0v) is 14.9. The van der Waals surface area contributed by atoms with E-state index in [0.29, 0.717) is 31.2 Å². The van der Waals surface area contributed by atoms with Crippen LogP contribution in [0.4, 0.5) is 5.69 Å². The van der Waals surface area contributed by atoms with Gasteiger partial charge in [0.2, 0.25) is 0 Å². The number of aromatic nitrogens is 1. The molecule has 1 amide bonds. The van der Waals surface area contributed by atoms with Gasteiger partial charge in [-0.3, -0.25) is 4.79 Å². The van der Waals surface area contributed by atoms with Gasteiger partial charge in [-0.2, -0.15) is 0 Å². The SMILES string of the molecule is NCCc1nc(C(=O)Nc2ccc(OCC3CCOCC3)cc2)cs1. The summed E-state index contributed by atoms with van der Waals surface area (Å²) in [7, 11) is 0. The molecule has 0 spiro atoms. The first-order valence-electron chi connectivity index (χ1n) is 8.51. The molecule has 1 saturated heterocycles. The number of nitrogens with one attached hydrogen (secondary N) is 1. The largest absolute Gasteiger partial charge is 0.493 e. The topological polar surface area (TPSA) is 86.5 Å². The Hall–Kier alpha value is -1.96. The smallest absolute Gasteiger partial charge is 0.275 e. The van der Waals surface area contributed by atoms with Crippen molar-refractivity contribution in [3.63, 3.8) is 0 Å². The van der Waals surface area contributed by atoms with Gasteiger partial charge in [0.1, 0.15) is 11.4 Å². The molecule has 0 bridgehead atoms. The van der Waals surface area contributed by atoms with Crippen LogP contribution in [0, 0.1) is 5.92 Å². The third-order valence-corrected chi connectivity index (χ3v) is 4.99. The maximum Gasteiger partial charge on any atom is 0.275 e. The van der Waals surface area contributed by atoms with Gasteiger partial charge in [-0.1, -0.05) is 0 Å². The number of amides is 1. The number of carbonyl (C=O) groups excluding carboxylic acids is 1. The maximum atomic E-state index is 12.2. The summed E-state index contributed by atoms with van der Waals surface area (Å²) >= 11 is 1.45. The number of anilines is 1. The van der Waals surface area contributed by atoms with E-state index in [-0.39, 0.29) is 5.91 Å². The third-order valence-electron chi connectivity index (χ3n) is 4.08. The minimum absolute atomic E-state index is 0.213. The van der Waals surface area contributed by atoms with Crippen molar-refractivity contribution in [2.75, 3.05) is 31.7 Å². The number of nitrogens with two attached hydrogens (primary N) is 1. The van der Waals surface area contributed by atoms with Gasteiger partial charge in [0.25, 0.3) is 5.91 Å². The molecule has 6 nitrogen and oxygen atoms in total. The van der Waals surface area contributed by atoms with Crippen LogP contribution in [0.15, 0.2) is 29.6 Å². The highest BCUT2D eigenvalue weighted by atomic mass is 32.1. The second-order valence-corrected chi connectivity index (χ2v) is 6.95. The number of rotatable bonds is 7. The number of nitrogens with zero attached hydrogens (tertiary/aromatic N) is 1. The summed E-state index contributed by atoms with van der Waals surface area (Å²) in [4.78, 5) is 16.5. The molecule has 1 aromatic carbocycles. The number of hydrogen-bond donors (Lipinski definition) is 2. The number of benzene rings is 1. The molecular formula is C18H23N3O3S. The molecule has 1 aliphatic heterocycles. The molecule has 1 aromatic heterocycles. The standard InChI is InChI=1S/C18H23N3O3S/c19-8-5-17-21-16(12-25-17)18(22)20-14-1-3-15(4-2-14)24-11-13-6-9-23-10-7-13/h1-4,12-13H,5-11,19H2,(H,20,22). The normalized spacial score (nSPS) is 15.1. The first kappa shape index (κ1) is 17.8. The lowest BCUT2D eigenvalue weighted by atomic mass is 10.0. The van der Waals surface area contributed by atoms with E-state index in [2.05, 4.69) is 10.3 Å². The van der Waals surface area contributed by atoms with Gasteiger partial charge in [0.05, 0.1) is 11.6 Å². The fraction of sp³-hybridized carbons (Fsp3) is 0.444. The fourth-order valence-corrected chi connectivity index (χ4v) is 3.40. The molecule has 3 N–H and O–H groups in total. The van der Waals surface area contributed by atoms with E-state index in [0.717, 1.165) is 42.5 Å². The van der Waals surface area contributed by atoms with Gasteiger partial charge in [0.15, 0.2) is 0 Å². The van der Waals surface area contributed by atoms with Crippen LogP contribution in [-0.4, -0.2) is 37.3 Å². The van der Waals surface area contributed by atoms with Crippen molar-refractivity contribution in [2.45, 2.75) is 19.3 Å². The van der Waals surface area contributed by atoms with Crippen molar-refractivity contribution >= 4 is 22.9 Å². The molecule has 0 atom stereocenters. The van der Waals surface area contributed by atoms with Crippen molar-refractivity contribution in [3.05, 3.63) is 40.3 Å². The van der Waals surface area contributed by atoms with Crippen molar-refractivity contribution < 1.29 is 14.3 Å². The molecule has 134 valence electrons. The Morgan fingerprint density at radius 1 is 1.32 bits per heavy atom. The van der Waals surface area contributed by atoms with Crippen LogP contribution in [0.5, 0.6) is 5.75 Å². The van der Waals surface area contributed by atoms with E-state index < -0.39 is 0 Å². The van der Waals surface area contributed by atoms with E-state index in [1.807, 2.05) is 24.3 Å². The van der Waals surface area contributed by atoms with Gasteiger partial charge >= 0.3 is 0 Å². The molecule has 2 heterocycles. The summed E-state index contributed by atoms with van der Waals surface area (Å²) in [5.41, 5.74) is 6.65. The van der Waals surface area contributed by atoms with Gasteiger partial charge in [-0.25, -0.2) is 4.98 Å². The zero-order chi connectivity index (χ0) is 17.5. The van der Waals surface area contributed by atoms with Gasteiger partial charge in [-0.15, -0.1) is 11.3 Å². The van der Waals surface area contributed by atoms with Crippen molar-refractivity contribution in [1.29, 1.82) is 0 Å². The highest BCUT2D eigenvalue weighted by Gasteiger charge is 2.14. The molecule has 1 fully saturated rings. The predicted octanol–water partition coefficient (Wildman–Crippen LogP) is 2.70. The van der Waals surface area contributed by atoms with Crippen LogP contribution in [0.3, 0.4) is 0 Å². The molecule has 1 aliphatic rings. The molecular weight excluding hydrogens is 338 g/mol. The summed E-state index contributed by atoms with van der Waals surface area (Å²) in [6.07, 6.45) is 2.79. The van der Waals surface area contributed by atoms with Crippen LogP contribution < -0.4 is 15.8 Å². The highest BCUT2D eigenvalue weighted by molar-refractivity contribution is 7.09.